The van der Waals surface area contributed by atoms with Crippen molar-refractivity contribution >= 4 is 16.7 Å². The molecular formula is C16H19FN2O3S. The van der Waals surface area contributed by atoms with Gasteiger partial charge in [0.2, 0.25) is 11.8 Å². The second kappa shape index (κ2) is 7.50. The predicted octanol–water partition coefficient (Wildman–Crippen LogP) is 2.56. The van der Waals surface area contributed by atoms with Gasteiger partial charge in [-0.05, 0) is 32.9 Å². The molecule has 0 saturated carbocycles. The van der Waals surface area contributed by atoms with Crippen LogP contribution in [0.3, 0.4) is 0 Å². The van der Waals surface area contributed by atoms with Gasteiger partial charge in [-0.15, -0.1) is 0 Å². The molecule has 0 aliphatic carbocycles. The summed E-state index contributed by atoms with van der Waals surface area (Å²) >= 11 is 0. The number of amides is 1. The molecule has 124 valence electrons. The Bertz CT molecular complexity index is 728. The first kappa shape index (κ1) is 17.3. The molecule has 5 nitrogen and oxygen atoms in total. The van der Waals surface area contributed by atoms with Crippen molar-refractivity contribution in [2.45, 2.75) is 32.6 Å². The first-order valence-corrected chi connectivity index (χ1v) is 8.71. The zero-order valence-electron chi connectivity index (χ0n) is 13.3. The lowest BCUT2D eigenvalue weighted by molar-refractivity contribution is -0.119. The van der Waals surface area contributed by atoms with Crippen LogP contribution in [0, 0.1) is 12.7 Å². The largest absolute Gasteiger partial charge is 0.441 e. The molecule has 2 aromatic rings. The van der Waals surface area contributed by atoms with Crippen LogP contribution in [-0.4, -0.2) is 26.9 Å². The molecule has 1 heterocycles. The van der Waals surface area contributed by atoms with Crippen LogP contribution in [0.4, 0.5) is 4.39 Å². The molecule has 0 aliphatic rings. The van der Waals surface area contributed by atoms with Crippen molar-refractivity contribution in [3.05, 3.63) is 41.5 Å². The monoisotopic (exact) mass is 338 g/mol. The van der Waals surface area contributed by atoms with Crippen LogP contribution in [0.25, 0.3) is 11.5 Å². The fourth-order valence-corrected chi connectivity index (χ4v) is 3.08. The van der Waals surface area contributed by atoms with Crippen molar-refractivity contribution < 1.29 is 17.8 Å². The molecule has 1 amide bonds. The molecule has 7 heteroatoms. The molecule has 1 atom stereocenters. The van der Waals surface area contributed by atoms with Crippen molar-refractivity contribution in [3.63, 3.8) is 0 Å². The van der Waals surface area contributed by atoms with Crippen LogP contribution in [-0.2, 0) is 21.3 Å². The molecule has 0 saturated heterocycles. The van der Waals surface area contributed by atoms with Gasteiger partial charge in [-0.1, -0.05) is 12.1 Å². The summed E-state index contributed by atoms with van der Waals surface area (Å²) in [7, 11) is -1.40. The Labute approximate surface area is 136 Å². The maximum atomic E-state index is 13.8. The second-order valence-electron chi connectivity index (χ2n) is 5.45. The SMILES string of the molecule is Cc1oc(-c2ccccc2F)nc1C[S@](=O)CC(=O)NC(C)C. The van der Waals surface area contributed by atoms with Gasteiger partial charge in [-0.3, -0.25) is 9.00 Å². The van der Waals surface area contributed by atoms with E-state index in [1.165, 1.54) is 6.07 Å². The predicted molar refractivity (Wildman–Crippen MR) is 86.6 cm³/mol. The van der Waals surface area contributed by atoms with Crippen LogP contribution in [0.15, 0.2) is 28.7 Å². The molecule has 0 aliphatic heterocycles. The molecule has 23 heavy (non-hydrogen) atoms. The quantitative estimate of drug-likeness (QED) is 0.879. The van der Waals surface area contributed by atoms with Crippen LogP contribution in [0.2, 0.25) is 0 Å². The lowest BCUT2D eigenvalue weighted by atomic mass is 10.2. The normalized spacial score (nSPS) is 12.4. The van der Waals surface area contributed by atoms with E-state index in [9.17, 15) is 13.4 Å². The number of benzene rings is 1. The lowest BCUT2D eigenvalue weighted by Crippen LogP contribution is -2.34. The smallest absolute Gasteiger partial charge is 0.232 e. The summed E-state index contributed by atoms with van der Waals surface area (Å²) in [5.74, 6) is -0.0823. The first-order chi connectivity index (χ1) is 10.9. The van der Waals surface area contributed by atoms with Gasteiger partial charge in [0.25, 0.3) is 0 Å². The third-order valence-corrected chi connectivity index (χ3v) is 4.22. The van der Waals surface area contributed by atoms with Crippen molar-refractivity contribution in [2.75, 3.05) is 5.75 Å². The Morgan fingerprint density at radius 3 is 2.74 bits per heavy atom. The highest BCUT2D eigenvalue weighted by molar-refractivity contribution is 7.84. The van der Waals surface area contributed by atoms with Gasteiger partial charge < -0.3 is 9.73 Å². The molecule has 1 aromatic heterocycles. The van der Waals surface area contributed by atoms with Crippen LogP contribution in [0.1, 0.15) is 25.3 Å². The third kappa shape index (κ3) is 4.72. The summed E-state index contributed by atoms with van der Waals surface area (Å²) in [5, 5.41) is 2.69. The molecule has 2 rings (SSSR count). The zero-order chi connectivity index (χ0) is 17.0. The minimum Gasteiger partial charge on any atom is -0.441 e. The van der Waals surface area contributed by atoms with Crippen LogP contribution < -0.4 is 5.32 Å². The number of carbonyl (C=O) groups excluding carboxylic acids is 1. The molecule has 1 N–H and O–H groups in total. The van der Waals surface area contributed by atoms with Gasteiger partial charge in [-0.2, -0.15) is 0 Å². The summed E-state index contributed by atoms with van der Waals surface area (Å²) in [5.41, 5.74) is 0.726. The molecule has 0 spiro atoms. The van der Waals surface area contributed by atoms with Gasteiger partial charge in [0, 0.05) is 16.8 Å². The Balaban J connectivity index is 2.09. The number of hydrogen-bond acceptors (Lipinski definition) is 4. The molecular weight excluding hydrogens is 319 g/mol. The molecule has 0 unspecified atom stereocenters. The first-order valence-electron chi connectivity index (χ1n) is 7.22. The summed E-state index contributed by atoms with van der Waals surface area (Å²) < 4.78 is 31.3. The average molecular weight is 338 g/mol. The van der Waals surface area contributed by atoms with Gasteiger partial charge in [0.15, 0.2) is 0 Å². The number of aromatic nitrogens is 1. The van der Waals surface area contributed by atoms with Gasteiger partial charge in [-0.25, -0.2) is 9.37 Å². The molecule has 0 bridgehead atoms. The van der Waals surface area contributed by atoms with Crippen LogP contribution >= 0.6 is 0 Å². The van der Waals surface area contributed by atoms with E-state index in [4.69, 9.17) is 4.42 Å². The Kier molecular flexibility index (Phi) is 5.65. The van der Waals surface area contributed by atoms with Crippen molar-refractivity contribution in [2.24, 2.45) is 0 Å². The standard InChI is InChI=1S/C16H19FN2O3S/c1-10(2)18-15(20)9-23(21)8-14-11(3)22-16(19-14)12-6-4-5-7-13(12)17/h4-7,10H,8-9H2,1-3H3,(H,18,20)/t23-/m0/s1. The number of rotatable bonds is 6. The van der Waals surface area contributed by atoms with Crippen molar-refractivity contribution in [3.8, 4) is 11.5 Å². The third-order valence-electron chi connectivity index (χ3n) is 3.04. The second-order valence-corrected chi connectivity index (χ2v) is 6.91. The van der Waals surface area contributed by atoms with E-state index >= 15 is 0 Å². The van der Waals surface area contributed by atoms with E-state index in [-0.39, 0.29) is 34.9 Å². The fraction of sp³-hybridized carbons (Fsp3) is 0.375. The Morgan fingerprint density at radius 1 is 1.39 bits per heavy atom. The maximum absolute atomic E-state index is 13.8. The van der Waals surface area contributed by atoms with Gasteiger partial charge in [0.1, 0.15) is 17.3 Å². The number of hydrogen-bond donors (Lipinski definition) is 1. The number of aryl methyl sites for hydroxylation is 1. The summed E-state index contributed by atoms with van der Waals surface area (Å²) in [4.78, 5) is 15.8. The average Bonchev–Trinajstić information content (AvgIpc) is 2.79. The van der Waals surface area contributed by atoms with E-state index in [1.54, 1.807) is 25.1 Å². The van der Waals surface area contributed by atoms with E-state index in [0.29, 0.717) is 11.5 Å². The summed E-state index contributed by atoms with van der Waals surface area (Å²) in [6.07, 6.45) is 0. The highest BCUT2D eigenvalue weighted by Crippen LogP contribution is 2.24. The number of oxazole rings is 1. The van der Waals surface area contributed by atoms with E-state index in [0.717, 1.165) is 0 Å². The van der Waals surface area contributed by atoms with Crippen molar-refractivity contribution in [1.82, 2.24) is 10.3 Å². The topological polar surface area (TPSA) is 72.2 Å². The lowest BCUT2D eigenvalue weighted by Gasteiger charge is -2.07. The molecule has 1 aromatic carbocycles. The van der Waals surface area contributed by atoms with Gasteiger partial charge in [0.05, 0.1) is 17.0 Å². The number of nitrogens with zero attached hydrogens (tertiary/aromatic N) is 1. The van der Waals surface area contributed by atoms with E-state index in [2.05, 4.69) is 10.3 Å². The number of nitrogens with one attached hydrogen (secondary N) is 1. The van der Waals surface area contributed by atoms with Crippen LogP contribution in [0.5, 0.6) is 0 Å². The fourth-order valence-electron chi connectivity index (χ4n) is 2.03. The zero-order valence-corrected chi connectivity index (χ0v) is 14.1. The van der Waals surface area contributed by atoms with E-state index in [1.807, 2.05) is 13.8 Å². The van der Waals surface area contributed by atoms with E-state index < -0.39 is 16.6 Å². The summed E-state index contributed by atoms with van der Waals surface area (Å²) in [6, 6.07) is 6.16. The van der Waals surface area contributed by atoms with Gasteiger partial charge >= 0.3 is 0 Å². The molecule has 0 fully saturated rings. The highest BCUT2D eigenvalue weighted by atomic mass is 32.2. The number of carbonyl (C=O) groups is 1. The Morgan fingerprint density at radius 2 is 2.09 bits per heavy atom. The Hall–Kier alpha value is -2.02. The molecule has 0 radical (unpaired) electrons. The number of halogens is 1. The maximum Gasteiger partial charge on any atom is 0.232 e. The summed E-state index contributed by atoms with van der Waals surface area (Å²) in [6.45, 7) is 5.35. The minimum atomic E-state index is -1.40. The highest BCUT2D eigenvalue weighted by Gasteiger charge is 2.17. The minimum absolute atomic E-state index is 0.000875. The van der Waals surface area contributed by atoms with Crippen molar-refractivity contribution in [1.29, 1.82) is 0 Å².